The van der Waals surface area contributed by atoms with Crippen molar-refractivity contribution in [3.8, 4) is 0 Å². The summed E-state index contributed by atoms with van der Waals surface area (Å²) in [5, 5.41) is 14.2. The highest BCUT2D eigenvalue weighted by molar-refractivity contribution is 5.95. The Morgan fingerprint density at radius 2 is 1.74 bits per heavy atom. The van der Waals surface area contributed by atoms with Gasteiger partial charge in [0.2, 0.25) is 17.9 Å². The molecule has 2 aliphatic carbocycles. The van der Waals surface area contributed by atoms with Crippen LogP contribution in [0.15, 0.2) is 66.3 Å². The zero-order valence-corrected chi connectivity index (χ0v) is 27.8. The maximum Gasteiger partial charge on any atom is 0.348 e. The summed E-state index contributed by atoms with van der Waals surface area (Å²) >= 11 is 0. The third kappa shape index (κ3) is 7.80. The topological polar surface area (TPSA) is 176 Å². The summed E-state index contributed by atoms with van der Waals surface area (Å²) in [6.07, 6.45) is 2.17. The fraction of sp³-hybridized carbons (Fsp3) is 0.432. The predicted octanol–water partition coefficient (Wildman–Crippen LogP) is 1.94. The van der Waals surface area contributed by atoms with Gasteiger partial charge in [-0.05, 0) is 41.0 Å². The van der Waals surface area contributed by atoms with Crippen LogP contribution >= 0.6 is 0 Å². The number of hydrogen-bond donors (Lipinski definition) is 3. The number of carbonyl (C=O) groups excluding carboxylic acids is 5. The van der Waals surface area contributed by atoms with Crippen molar-refractivity contribution in [2.75, 3.05) is 26.3 Å². The average Bonchev–Trinajstić information content (AvgIpc) is 3.73. The summed E-state index contributed by atoms with van der Waals surface area (Å²) in [6, 6.07) is 14.4. The first-order chi connectivity index (χ1) is 23.9. The molecule has 3 N–H and O–H groups in total. The highest BCUT2D eigenvalue weighted by Gasteiger charge is 2.55. The first-order valence-corrected chi connectivity index (χ1v) is 16.6. The van der Waals surface area contributed by atoms with E-state index in [1.54, 1.807) is 44.2 Å². The van der Waals surface area contributed by atoms with E-state index in [9.17, 15) is 24.0 Å². The van der Waals surface area contributed by atoms with Gasteiger partial charge in [-0.15, -0.1) is 0 Å². The molecule has 0 bridgehead atoms. The molecule has 2 aromatic carbocycles. The lowest BCUT2D eigenvalue weighted by Crippen LogP contribution is -2.44. The lowest BCUT2D eigenvalue weighted by atomic mass is 9.90. The second-order valence-electron chi connectivity index (χ2n) is 13.5. The Kier molecular flexibility index (Phi) is 10.2. The Labute approximate surface area is 288 Å². The monoisotopic (exact) mass is 688 g/mol. The van der Waals surface area contributed by atoms with Gasteiger partial charge in [-0.25, -0.2) is 14.4 Å². The van der Waals surface area contributed by atoms with Gasteiger partial charge in [0.05, 0.1) is 12.2 Å². The van der Waals surface area contributed by atoms with E-state index in [4.69, 9.17) is 28.8 Å². The number of ether oxygens (including phenoxy) is 5. The van der Waals surface area contributed by atoms with Gasteiger partial charge in [-0.3, -0.25) is 9.59 Å². The lowest BCUT2D eigenvalue weighted by molar-refractivity contribution is -0.172. The van der Waals surface area contributed by atoms with E-state index in [0.717, 1.165) is 11.1 Å². The van der Waals surface area contributed by atoms with Gasteiger partial charge in [0.25, 0.3) is 0 Å². The fourth-order valence-electron chi connectivity index (χ4n) is 6.58. The average molecular weight is 689 g/mol. The van der Waals surface area contributed by atoms with E-state index in [1.165, 1.54) is 12.2 Å². The Hall–Kier alpha value is -4.85. The first-order valence-electron chi connectivity index (χ1n) is 16.6. The molecule has 13 heteroatoms. The molecule has 50 heavy (non-hydrogen) atoms. The molecule has 4 atom stereocenters. The molecule has 2 saturated heterocycles. The van der Waals surface area contributed by atoms with E-state index in [1.807, 2.05) is 24.3 Å². The smallest absolute Gasteiger partial charge is 0.348 e. The van der Waals surface area contributed by atoms with Crippen LogP contribution in [0.3, 0.4) is 0 Å². The molecular weight excluding hydrogens is 648 g/mol. The molecule has 2 fully saturated rings. The Bertz CT molecular complexity index is 1710. The van der Waals surface area contributed by atoms with Gasteiger partial charge in [0.1, 0.15) is 24.9 Å². The quantitative estimate of drug-likeness (QED) is 0.179. The van der Waals surface area contributed by atoms with Crippen LogP contribution in [0.5, 0.6) is 0 Å². The molecule has 1 spiro atoms. The zero-order chi connectivity index (χ0) is 35.5. The van der Waals surface area contributed by atoms with Crippen molar-refractivity contribution in [1.82, 2.24) is 10.6 Å². The normalized spacial score (nSPS) is 24.2. The highest BCUT2D eigenvalue weighted by atomic mass is 16.8. The number of nitrogens with one attached hydrogen (secondary N) is 2. The van der Waals surface area contributed by atoms with E-state index in [-0.39, 0.29) is 50.6 Å². The number of carbonyl (C=O) groups is 5. The minimum absolute atomic E-state index is 0.0259. The van der Waals surface area contributed by atoms with E-state index >= 15 is 0 Å². The molecule has 0 aromatic heterocycles. The summed E-state index contributed by atoms with van der Waals surface area (Å²) in [6.45, 7) is 3.70. The highest BCUT2D eigenvalue weighted by Crippen LogP contribution is 2.45. The van der Waals surface area contributed by atoms with Crippen molar-refractivity contribution in [2.24, 2.45) is 5.41 Å². The number of esters is 3. The van der Waals surface area contributed by atoms with E-state index in [2.05, 4.69) is 10.6 Å². The summed E-state index contributed by atoms with van der Waals surface area (Å²) in [5.41, 5.74) is 2.60. The zero-order valence-electron chi connectivity index (χ0n) is 27.8. The number of benzene rings is 2. The predicted molar refractivity (Wildman–Crippen MR) is 176 cm³/mol. The lowest BCUT2D eigenvalue weighted by Gasteiger charge is -2.30. The molecule has 4 aliphatic rings. The van der Waals surface area contributed by atoms with Crippen molar-refractivity contribution >= 4 is 35.8 Å². The number of aliphatic hydroxyl groups excluding tert-OH is 1. The van der Waals surface area contributed by atoms with Gasteiger partial charge in [0.15, 0.2) is 5.79 Å². The molecule has 2 aromatic rings. The van der Waals surface area contributed by atoms with Crippen molar-refractivity contribution < 1.29 is 52.8 Å². The third-order valence-corrected chi connectivity index (χ3v) is 9.12. The Morgan fingerprint density at radius 1 is 0.980 bits per heavy atom. The first kappa shape index (κ1) is 35.0. The fourth-order valence-corrected chi connectivity index (χ4v) is 6.58. The molecule has 4 unspecified atom stereocenters. The molecule has 2 aliphatic heterocycles. The maximum absolute atomic E-state index is 13.6. The standard InChI is InChI=1S/C37H40N2O11/c1-36(2)21-46-35(45)32(36)48-30(42)11-10-22-6-5-9-23(16-22)34(44)47-27-17-26(33(43)39-13-12-29(41)38-14-15-40)18-28-31(27)50-37(49-28)19-24-7-3-4-8-25(24)20-37/h3-11,16,18,27-28,31-32,40H,12-15,17,19-21H2,1-2H3,(H,38,41)(H,39,43). The molecule has 264 valence electrons. The largest absolute Gasteiger partial charge is 0.462 e. The van der Waals surface area contributed by atoms with Gasteiger partial charge in [0, 0.05) is 55.8 Å². The van der Waals surface area contributed by atoms with Gasteiger partial charge in [-0.1, -0.05) is 50.2 Å². The van der Waals surface area contributed by atoms with Crippen molar-refractivity contribution in [3.63, 3.8) is 0 Å². The summed E-state index contributed by atoms with van der Waals surface area (Å²) in [5.74, 6) is -3.69. The van der Waals surface area contributed by atoms with Gasteiger partial charge >= 0.3 is 17.9 Å². The summed E-state index contributed by atoms with van der Waals surface area (Å²) in [7, 11) is 0. The minimum atomic E-state index is -1.02. The van der Waals surface area contributed by atoms with E-state index in [0.29, 0.717) is 24.0 Å². The Balaban J connectivity index is 1.14. The third-order valence-electron chi connectivity index (χ3n) is 9.12. The van der Waals surface area contributed by atoms with Crippen LogP contribution in [0.2, 0.25) is 0 Å². The molecular formula is C37H40N2O11. The number of aliphatic hydroxyl groups is 1. The summed E-state index contributed by atoms with van der Waals surface area (Å²) < 4.78 is 29.4. The van der Waals surface area contributed by atoms with Crippen molar-refractivity contribution in [2.45, 2.75) is 69.7 Å². The van der Waals surface area contributed by atoms with Crippen LogP contribution in [0.25, 0.3) is 6.08 Å². The number of cyclic esters (lactones) is 1. The molecule has 6 rings (SSSR count). The molecule has 2 heterocycles. The van der Waals surface area contributed by atoms with Crippen LogP contribution in [0, 0.1) is 5.41 Å². The van der Waals surface area contributed by atoms with E-state index < -0.39 is 59.4 Å². The minimum Gasteiger partial charge on any atom is -0.462 e. The number of amides is 2. The van der Waals surface area contributed by atoms with Crippen LogP contribution in [0.1, 0.15) is 53.7 Å². The molecule has 0 radical (unpaired) electrons. The maximum atomic E-state index is 13.6. The van der Waals surface area contributed by atoms with Crippen molar-refractivity contribution in [1.29, 1.82) is 0 Å². The van der Waals surface area contributed by atoms with Gasteiger partial charge in [-0.2, -0.15) is 0 Å². The Morgan fingerprint density at radius 3 is 2.44 bits per heavy atom. The molecule has 2 amide bonds. The van der Waals surface area contributed by atoms with Crippen molar-refractivity contribution in [3.05, 3.63) is 88.5 Å². The second-order valence-corrected chi connectivity index (χ2v) is 13.5. The van der Waals surface area contributed by atoms with Crippen LogP contribution in [-0.4, -0.2) is 91.3 Å². The SMILES string of the molecule is CC1(C)COC(=O)C1OC(=O)C=Cc1cccc(C(=O)OC2CC(C(=O)NCCC(=O)NCCO)=CC3OC4(Cc5ccccc5C4)OC32)c1. The van der Waals surface area contributed by atoms with Gasteiger partial charge < -0.3 is 39.4 Å². The number of fused-ring (bicyclic) bond motifs is 2. The van der Waals surface area contributed by atoms with Crippen LogP contribution in [-0.2, 0) is 55.7 Å². The van der Waals surface area contributed by atoms with Crippen LogP contribution < -0.4 is 10.6 Å². The second kappa shape index (κ2) is 14.6. The molecule has 0 saturated carbocycles. The van der Waals surface area contributed by atoms with Crippen LogP contribution in [0.4, 0.5) is 0 Å². The number of hydrogen-bond acceptors (Lipinski definition) is 11. The summed E-state index contributed by atoms with van der Waals surface area (Å²) in [4.78, 5) is 63.2. The molecule has 13 nitrogen and oxygen atoms in total. The number of rotatable bonds is 11.